The number of benzene rings is 1. The number of hydrogen-bond donors (Lipinski definition) is 0. The molecule has 4 rings (SSSR count). The van der Waals surface area contributed by atoms with Crippen LogP contribution in [0, 0.1) is 11.7 Å². The Morgan fingerprint density at radius 1 is 1.23 bits per heavy atom. The summed E-state index contributed by atoms with van der Waals surface area (Å²) in [5.41, 5.74) is 0.548. The number of hydrogen-bond acceptors (Lipinski definition) is 5. The molecule has 0 radical (unpaired) electrons. The van der Waals surface area contributed by atoms with Gasteiger partial charge in [-0.1, -0.05) is 11.6 Å². The van der Waals surface area contributed by atoms with Gasteiger partial charge in [-0.25, -0.2) is 9.18 Å². The lowest BCUT2D eigenvalue weighted by Gasteiger charge is -2.37. The maximum absolute atomic E-state index is 14.6. The van der Waals surface area contributed by atoms with Crippen molar-refractivity contribution in [3.63, 3.8) is 0 Å². The number of amides is 1. The molecule has 0 atom stereocenters. The molecule has 0 spiro atoms. The van der Waals surface area contributed by atoms with Crippen LogP contribution >= 0.6 is 11.6 Å². The van der Waals surface area contributed by atoms with E-state index in [0.717, 1.165) is 51.6 Å². The summed E-state index contributed by atoms with van der Waals surface area (Å²) in [6.07, 6.45) is 5.17. The van der Waals surface area contributed by atoms with Crippen LogP contribution < -0.4 is 4.74 Å². The van der Waals surface area contributed by atoms with Gasteiger partial charge >= 0.3 is 6.09 Å². The molecule has 2 heterocycles. The van der Waals surface area contributed by atoms with E-state index in [1.165, 1.54) is 6.07 Å². The second-order valence-corrected chi connectivity index (χ2v) is 9.41. The highest BCUT2D eigenvalue weighted by Gasteiger charge is 2.33. The van der Waals surface area contributed by atoms with E-state index in [0.29, 0.717) is 48.6 Å². The molecule has 1 amide bonds. The second-order valence-electron chi connectivity index (χ2n) is 9.00. The molecule has 3 aliphatic rings. The van der Waals surface area contributed by atoms with E-state index in [9.17, 15) is 9.18 Å². The third-order valence-corrected chi connectivity index (χ3v) is 6.81. The van der Waals surface area contributed by atoms with Crippen LogP contribution in [0.4, 0.5) is 9.18 Å². The minimum Gasteiger partial charge on any atom is -0.490 e. The second kappa shape index (κ2) is 10.4. The predicted molar refractivity (Wildman–Crippen MR) is 116 cm³/mol. The highest BCUT2D eigenvalue weighted by molar-refractivity contribution is 6.31. The van der Waals surface area contributed by atoms with E-state index in [2.05, 4.69) is 4.90 Å². The van der Waals surface area contributed by atoms with Crippen molar-refractivity contribution in [3.05, 3.63) is 28.5 Å². The van der Waals surface area contributed by atoms with Gasteiger partial charge < -0.3 is 19.1 Å². The van der Waals surface area contributed by atoms with Gasteiger partial charge in [0.2, 0.25) is 0 Å². The highest BCUT2D eigenvalue weighted by Crippen LogP contribution is 2.34. The molecule has 1 aliphatic carbocycles. The van der Waals surface area contributed by atoms with Crippen LogP contribution in [0.15, 0.2) is 12.1 Å². The quantitative estimate of drug-likeness (QED) is 0.608. The number of ether oxygens (including phenoxy) is 3. The summed E-state index contributed by atoms with van der Waals surface area (Å²) < 4.78 is 31.4. The summed E-state index contributed by atoms with van der Waals surface area (Å²) in [7, 11) is 1.77. The Kier molecular flexibility index (Phi) is 7.56. The summed E-state index contributed by atoms with van der Waals surface area (Å²) in [5.74, 6) is 0.524. The Morgan fingerprint density at radius 3 is 2.61 bits per heavy atom. The summed E-state index contributed by atoms with van der Waals surface area (Å²) in [4.78, 5) is 16.1. The number of likely N-dealkylation sites (tertiary alicyclic amines) is 1. The van der Waals surface area contributed by atoms with E-state index in [1.54, 1.807) is 18.0 Å². The summed E-state index contributed by atoms with van der Waals surface area (Å²) >= 11 is 6.36. The van der Waals surface area contributed by atoms with Gasteiger partial charge in [0.1, 0.15) is 17.7 Å². The van der Waals surface area contributed by atoms with Crippen molar-refractivity contribution in [2.45, 2.75) is 57.3 Å². The molecule has 0 bridgehead atoms. The smallest absolute Gasteiger partial charge is 0.409 e. The minimum atomic E-state index is -0.305. The van der Waals surface area contributed by atoms with Crippen molar-refractivity contribution < 1.29 is 23.4 Å². The van der Waals surface area contributed by atoms with E-state index in [4.69, 9.17) is 25.8 Å². The molecular formula is C23H32ClFN2O4. The predicted octanol–water partition coefficient (Wildman–Crippen LogP) is 4.48. The van der Waals surface area contributed by atoms with Crippen LogP contribution in [-0.2, 0) is 16.0 Å². The lowest BCUT2D eigenvalue weighted by molar-refractivity contribution is -0.0136. The Hall–Kier alpha value is -1.57. The van der Waals surface area contributed by atoms with Crippen LogP contribution in [0.3, 0.4) is 0 Å². The molecule has 1 saturated carbocycles. The van der Waals surface area contributed by atoms with Gasteiger partial charge in [-0.3, -0.25) is 4.90 Å². The van der Waals surface area contributed by atoms with Crippen molar-refractivity contribution in [1.82, 2.24) is 9.80 Å². The Morgan fingerprint density at radius 2 is 1.94 bits per heavy atom. The molecule has 31 heavy (non-hydrogen) atoms. The molecular weight excluding hydrogens is 423 g/mol. The zero-order chi connectivity index (χ0) is 21.8. The largest absolute Gasteiger partial charge is 0.490 e. The monoisotopic (exact) mass is 454 g/mol. The van der Waals surface area contributed by atoms with Gasteiger partial charge in [0.15, 0.2) is 0 Å². The van der Waals surface area contributed by atoms with Gasteiger partial charge in [0, 0.05) is 44.6 Å². The number of nitrogens with zero attached hydrogens (tertiary/aromatic N) is 2. The lowest BCUT2D eigenvalue weighted by atomic mass is 9.82. The molecule has 0 N–H and O–H groups in total. The van der Waals surface area contributed by atoms with Gasteiger partial charge in [-0.15, -0.1) is 0 Å². The summed E-state index contributed by atoms with van der Waals surface area (Å²) in [5, 5.41) is 0.424. The van der Waals surface area contributed by atoms with Crippen molar-refractivity contribution in [1.29, 1.82) is 0 Å². The van der Waals surface area contributed by atoms with E-state index < -0.39 is 0 Å². The van der Waals surface area contributed by atoms with Crippen LogP contribution in [0.5, 0.6) is 5.75 Å². The maximum Gasteiger partial charge on any atom is 0.409 e. The number of carbonyl (C=O) groups excluding carboxylic acids is 1. The molecule has 3 fully saturated rings. The van der Waals surface area contributed by atoms with Crippen molar-refractivity contribution >= 4 is 17.7 Å². The first kappa shape index (κ1) is 22.6. The first-order chi connectivity index (χ1) is 15.0. The Labute approximate surface area is 188 Å². The van der Waals surface area contributed by atoms with Gasteiger partial charge in [0.05, 0.1) is 24.3 Å². The van der Waals surface area contributed by atoms with Crippen LogP contribution in [0.2, 0.25) is 5.02 Å². The fourth-order valence-corrected chi connectivity index (χ4v) is 4.82. The van der Waals surface area contributed by atoms with Crippen LogP contribution in [0.1, 0.15) is 44.1 Å². The van der Waals surface area contributed by atoms with Crippen LogP contribution in [-0.4, -0.2) is 68.0 Å². The average molecular weight is 455 g/mol. The van der Waals surface area contributed by atoms with Crippen molar-refractivity contribution in [2.24, 2.45) is 5.92 Å². The third kappa shape index (κ3) is 6.02. The normalized spacial score (nSPS) is 24.6. The zero-order valence-corrected chi connectivity index (χ0v) is 18.9. The first-order valence-corrected chi connectivity index (χ1v) is 11.7. The molecule has 1 aromatic carbocycles. The maximum atomic E-state index is 14.6. The fraction of sp³-hybridized carbons (Fsp3) is 0.696. The van der Waals surface area contributed by atoms with E-state index in [-0.39, 0.29) is 24.1 Å². The Balaban J connectivity index is 1.21. The minimum absolute atomic E-state index is 0.0183. The number of carbonyl (C=O) groups is 1. The van der Waals surface area contributed by atoms with Gasteiger partial charge in [-0.2, -0.15) is 0 Å². The molecule has 8 heteroatoms. The fourth-order valence-electron chi connectivity index (χ4n) is 4.56. The molecule has 0 unspecified atom stereocenters. The first-order valence-electron chi connectivity index (χ1n) is 11.3. The molecule has 0 aromatic heterocycles. The molecule has 2 aliphatic heterocycles. The standard InChI is InChI=1S/C23H32ClFN2O4/c1-26(23(28)31-17-4-8-29-9-5-17)14-16-10-18(11-16)30-19-12-21(24)20(22(25)13-19)15-27-6-2-3-7-27/h12-13,16-18H,2-11,14-15H2,1H3. The van der Waals surface area contributed by atoms with Crippen molar-refractivity contribution in [2.75, 3.05) is 39.9 Å². The Bertz CT molecular complexity index is 739. The zero-order valence-electron chi connectivity index (χ0n) is 18.2. The van der Waals surface area contributed by atoms with E-state index >= 15 is 0 Å². The molecule has 172 valence electrons. The van der Waals surface area contributed by atoms with Crippen LogP contribution in [0.25, 0.3) is 0 Å². The number of halogens is 2. The summed E-state index contributed by atoms with van der Waals surface area (Å²) in [6.45, 7) is 4.46. The van der Waals surface area contributed by atoms with Crippen molar-refractivity contribution in [3.8, 4) is 5.75 Å². The average Bonchev–Trinajstić information content (AvgIpc) is 3.23. The lowest BCUT2D eigenvalue weighted by Crippen LogP contribution is -2.43. The topological polar surface area (TPSA) is 51.2 Å². The van der Waals surface area contributed by atoms with Gasteiger partial charge in [-0.05, 0) is 50.8 Å². The highest BCUT2D eigenvalue weighted by atomic mass is 35.5. The molecule has 2 saturated heterocycles. The van der Waals surface area contributed by atoms with E-state index in [1.807, 2.05) is 0 Å². The molecule has 1 aromatic rings. The SMILES string of the molecule is CN(CC1CC(Oc2cc(F)c(CN3CCCC3)c(Cl)c2)C1)C(=O)OC1CCOCC1. The third-order valence-electron chi connectivity index (χ3n) is 6.47. The summed E-state index contributed by atoms with van der Waals surface area (Å²) in [6, 6.07) is 3.17. The van der Waals surface area contributed by atoms with Gasteiger partial charge in [0.25, 0.3) is 0 Å². The molecule has 6 nitrogen and oxygen atoms in total. The number of rotatable bonds is 7.